The molecule has 1 fully saturated rings. The van der Waals surface area contributed by atoms with Gasteiger partial charge in [0, 0.05) is 0 Å². The number of halogens is 1. The van der Waals surface area contributed by atoms with E-state index in [2.05, 4.69) is 0 Å². The molecule has 13 heavy (non-hydrogen) atoms. The first-order valence-corrected chi connectivity index (χ1v) is 4.69. The van der Waals surface area contributed by atoms with Gasteiger partial charge in [0.1, 0.15) is 5.82 Å². The Morgan fingerprint density at radius 1 is 1.08 bits per heavy atom. The molecule has 0 atom stereocenters. The molecule has 0 bridgehead atoms. The summed E-state index contributed by atoms with van der Waals surface area (Å²) in [5.74, 6) is -0.245. The van der Waals surface area contributed by atoms with Crippen LogP contribution >= 0.6 is 0 Å². The Morgan fingerprint density at radius 3 is 2.15 bits per heavy atom. The minimum absolute atomic E-state index is 0.245. The van der Waals surface area contributed by atoms with Gasteiger partial charge >= 0.3 is 0 Å². The van der Waals surface area contributed by atoms with E-state index in [0.29, 0.717) is 0 Å². The summed E-state index contributed by atoms with van der Waals surface area (Å²) in [5, 5.41) is 10.1. The van der Waals surface area contributed by atoms with Gasteiger partial charge in [-0.3, -0.25) is 0 Å². The fraction of sp³-hybridized carbons (Fsp3) is 0.455. The first-order chi connectivity index (χ1) is 6.21. The molecule has 1 N–H and O–H groups in total. The highest BCUT2D eigenvalue weighted by atomic mass is 19.1. The van der Waals surface area contributed by atoms with Crippen LogP contribution in [0.4, 0.5) is 4.39 Å². The van der Waals surface area contributed by atoms with Crippen molar-refractivity contribution in [3.05, 3.63) is 35.6 Å². The zero-order valence-corrected chi connectivity index (χ0v) is 7.46. The van der Waals surface area contributed by atoms with Crippen molar-refractivity contribution in [3.8, 4) is 0 Å². The van der Waals surface area contributed by atoms with Gasteiger partial charge in [-0.05, 0) is 30.5 Å². The fourth-order valence-corrected chi connectivity index (χ4v) is 2.01. The Morgan fingerprint density at radius 2 is 1.62 bits per heavy atom. The third-order valence-electron chi connectivity index (χ3n) is 2.81. The topological polar surface area (TPSA) is 20.2 Å². The van der Waals surface area contributed by atoms with E-state index >= 15 is 0 Å². The Balaban J connectivity index is 2.29. The number of hydrogen-bond donors (Lipinski definition) is 1. The van der Waals surface area contributed by atoms with Gasteiger partial charge in [0.25, 0.3) is 0 Å². The summed E-state index contributed by atoms with van der Waals surface area (Å²) in [4.78, 5) is 0. The quantitative estimate of drug-likeness (QED) is 0.704. The first-order valence-electron chi connectivity index (χ1n) is 4.69. The van der Waals surface area contributed by atoms with Crippen molar-refractivity contribution >= 4 is 0 Å². The SMILES string of the molecule is OC1(c2ccc(F)cc2)CCCC1. The second-order valence-corrected chi connectivity index (χ2v) is 3.75. The smallest absolute Gasteiger partial charge is 0.123 e. The van der Waals surface area contributed by atoms with Crippen LogP contribution in [0.1, 0.15) is 31.2 Å². The van der Waals surface area contributed by atoms with Crippen LogP contribution in [0.3, 0.4) is 0 Å². The van der Waals surface area contributed by atoms with Gasteiger partial charge in [0.2, 0.25) is 0 Å². The number of aliphatic hydroxyl groups is 1. The molecule has 2 rings (SSSR count). The standard InChI is InChI=1S/C11H13FO/c12-10-5-3-9(4-6-10)11(13)7-1-2-8-11/h3-6,13H,1-2,7-8H2. The molecule has 0 unspecified atom stereocenters. The van der Waals surface area contributed by atoms with Crippen LogP contribution in [0.2, 0.25) is 0 Å². The van der Waals surface area contributed by atoms with Gasteiger partial charge in [0.05, 0.1) is 5.60 Å². The summed E-state index contributed by atoms with van der Waals surface area (Å²) in [6.07, 6.45) is 3.74. The molecule has 1 aliphatic carbocycles. The van der Waals surface area contributed by atoms with E-state index in [-0.39, 0.29) is 5.82 Å². The number of rotatable bonds is 1. The number of benzene rings is 1. The van der Waals surface area contributed by atoms with Crippen molar-refractivity contribution in [2.75, 3.05) is 0 Å². The van der Waals surface area contributed by atoms with Gasteiger partial charge in [-0.15, -0.1) is 0 Å². The molecule has 0 aromatic heterocycles. The molecule has 1 aromatic rings. The Kier molecular flexibility index (Phi) is 2.08. The van der Waals surface area contributed by atoms with E-state index in [0.717, 1.165) is 31.2 Å². The van der Waals surface area contributed by atoms with E-state index < -0.39 is 5.60 Å². The summed E-state index contributed by atoms with van der Waals surface area (Å²) in [5.41, 5.74) is 0.166. The normalized spacial score (nSPS) is 20.5. The molecule has 0 aliphatic heterocycles. The highest BCUT2D eigenvalue weighted by molar-refractivity contribution is 5.23. The highest BCUT2D eigenvalue weighted by Gasteiger charge is 2.32. The second kappa shape index (κ2) is 3.11. The van der Waals surface area contributed by atoms with Gasteiger partial charge in [-0.25, -0.2) is 4.39 Å². The van der Waals surface area contributed by atoms with Gasteiger partial charge in [0.15, 0.2) is 0 Å². The third kappa shape index (κ3) is 1.59. The van der Waals surface area contributed by atoms with Crippen molar-refractivity contribution < 1.29 is 9.50 Å². The summed E-state index contributed by atoms with van der Waals surface area (Å²) in [6.45, 7) is 0. The average molecular weight is 180 g/mol. The maximum atomic E-state index is 12.6. The summed E-state index contributed by atoms with van der Waals surface area (Å²) < 4.78 is 12.6. The fourth-order valence-electron chi connectivity index (χ4n) is 2.01. The van der Waals surface area contributed by atoms with Crippen LogP contribution in [0.5, 0.6) is 0 Å². The van der Waals surface area contributed by atoms with Crippen LogP contribution in [0, 0.1) is 5.82 Å². The molecule has 0 radical (unpaired) electrons. The third-order valence-corrected chi connectivity index (χ3v) is 2.81. The van der Waals surface area contributed by atoms with Crippen LogP contribution in [-0.4, -0.2) is 5.11 Å². The minimum atomic E-state index is -0.687. The highest BCUT2D eigenvalue weighted by Crippen LogP contribution is 2.38. The van der Waals surface area contributed by atoms with E-state index in [1.165, 1.54) is 12.1 Å². The van der Waals surface area contributed by atoms with Crippen molar-refractivity contribution in [1.82, 2.24) is 0 Å². The molecule has 70 valence electrons. The largest absolute Gasteiger partial charge is 0.385 e. The van der Waals surface area contributed by atoms with Crippen LogP contribution in [0.15, 0.2) is 24.3 Å². The van der Waals surface area contributed by atoms with E-state index in [1.54, 1.807) is 12.1 Å². The minimum Gasteiger partial charge on any atom is -0.385 e. The van der Waals surface area contributed by atoms with Crippen molar-refractivity contribution in [3.63, 3.8) is 0 Å². The zero-order chi connectivity index (χ0) is 9.31. The monoisotopic (exact) mass is 180 g/mol. The van der Waals surface area contributed by atoms with E-state index in [1.807, 2.05) is 0 Å². The maximum Gasteiger partial charge on any atom is 0.123 e. The lowest BCUT2D eigenvalue weighted by Gasteiger charge is -2.22. The van der Waals surface area contributed by atoms with Crippen LogP contribution in [-0.2, 0) is 5.60 Å². The first kappa shape index (κ1) is 8.70. The molecule has 0 amide bonds. The van der Waals surface area contributed by atoms with Crippen LogP contribution < -0.4 is 0 Å². The molecule has 0 spiro atoms. The molecule has 0 saturated heterocycles. The lowest BCUT2D eigenvalue weighted by molar-refractivity contribution is 0.0444. The summed E-state index contributed by atoms with van der Waals surface area (Å²) in [7, 11) is 0. The summed E-state index contributed by atoms with van der Waals surface area (Å²) >= 11 is 0. The molecule has 1 aliphatic rings. The summed E-state index contributed by atoms with van der Waals surface area (Å²) in [6, 6.07) is 6.18. The molecule has 1 nitrogen and oxygen atoms in total. The molecule has 1 aromatic carbocycles. The molecule has 2 heteroatoms. The molecular weight excluding hydrogens is 167 g/mol. The maximum absolute atomic E-state index is 12.6. The second-order valence-electron chi connectivity index (χ2n) is 3.75. The zero-order valence-electron chi connectivity index (χ0n) is 7.46. The lowest BCUT2D eigenvalue weighted by Crippen LogP contribution is -2.20. The van der Waals surface area contributed by atoms with Gasteiger partial charge < -0.3 is 5.11 Å². The average Bonchev–Trinajstić information content (AvgIpc) is 2.54. The lowest BCUT2D eigenvalue weighted by atomic mass is 9.92. The van der Waals surface area contributed by atoms with Crippen molar-refractivity contribution in [2.24, 2.45) is 0 Å². The molecule has 0 heterocycles. The van der Waals surface area contributed by atoms with Crippen LogP contribution in [0.25, 0.3) is 0 Å². The Bertz CT molecular complexity index is 285. The van der Waals surface area contributed by atoms with Gasteiger partial charge in [-0.2, -0.15) is 0 Å². The molecule has 1 saturated carbocycles. The Hall–Kier alpha value is -0.890. The molecular formula is C11H13FO. The van der Waals surface area contributed by atoms with E-state index in [9.17, 15) is 9.50 Å². The predicted molar refractivity (Wildman–Crippen MR) is 48.8 cm³/mol. The number of hydrogen-bond acceptors (Lipinski definition) is 1. The predicted octanol–water partition coefficient (Wildman–Crippen LogP) is 2.59. The van der Waals surface area contributed by atoms with Crippen molar-refractivity contribution in [2.45, 2.75) is 31.3 Å². The van der Waals surface area contributed by atoms with Crippen molar-refractivity contribution in [1.29, 1.82) is 0 Å². The van der Waals surface area contributed by atoms with E-state index in [4.69, 9.17) is 0 Å². The Labute approximate surface area is 77.2 Å². The van der Waals surface area contributed by atoms with Gasteiger partial charge in [-0.1, -0.05) is 25.0 Å².